The molecule has 19 heteroatoms. The fourth-order valence-corrected chi connectivity index (χ4v) is 10.3. The number of nitrogens with zero attached hydrogens (tertiary/aromatic N) is 3. The minimum absolute atomic E-state index is 0.00849. The molecular formula is C45H65N4O14P. The summed E-state index contributed by atoms with van der Waals surface area (Å²) in [7, 11) is -1.93. The number of phenols is 1. The van der Waals surface area contributed by atoms with Gasteiger partial charge in [0, 0.05) is 86.2 Å². The molecule has 1 saturated heterocycles. The van der Waals surface area contributed by atoms with Crippen molar-refractivity contribution in [1.29, 1.82) is 0 Å². The summed E-state index contributed by atoms with van der Waals surface area (Å²) < 4.78 is 41.8. The van der Waals surface area contributed by atoms with Gasteiger partial charge in [-0.3, -0.25) is 28.9 Å². The standard InChI is InChI=1S/C45H65N4O14P/c1-11-61-64(58,62-12-2)23-48-17-19-49(20-18-48)46-22-30-35-41(55)33-32(40(30)54)34-42(29(8)39(33)53)63-45(9,43(34)56)60-21-16-31(59-10)26(5)37(51)28(7)38(52)27(6)36(50)24(3)14-13-15-25(4)44(57)47-35/h13-16,21-22,24,26-28,31,36-38,40,50-54H,11-12,17-20,23H2,1-10H3,(H,47,57)/b14-13+,21-16+,25-15-,46-22+/t24-,26-,27-,28+,31+,36-,37-,38+,40?,45+/m1/s1. The van der Waals surface area contributed by atoms with Crippen LogP contribution in [0.1, 0.15) is 93.3 Å². The van der Waals surface area contributed by atoms with E-state index in [1.54, 1.807) is 58.7 Å². The normalized spacial score (nSPS) is 33.2. The Hall–Kier alpha value is -4.23. The molecule has 4 aliphatic heterocycles. The van der Waals surface area contributed by atoms with Gasteiger partial charge in [0.1, 0.15) is 23.9 Å². The van der Waals surface area contributed by atoms with Crippen molar-refractivity contribution in [1.82, 2.24) is 15.2 Å². The Labute approximate surface area is 374 Å². The van der Waals surface area contributed by atoms with E-state index in [9.17, 15) is 44.5 Å². The maximum Gasteiger partial charge on any atom is 0.344 e. The molecule has 5 bridgehead atoms. The molecule has 10 atom stereocenters. The van der Waals surface area contributed by atoms with E-state index in [4.69, 9.17) is 23.3 Å². The molecule has 1 amide bonds. The van der Waals surface area contributed by atoms with Gasteiger partial charge in [-0.15, -0.1) is 0 Å². The number of ketones is 2. The number of aromatic hydroxyl groups is 1. The Bertz CT molecular complexity index is 2120. The fourth-order valence-electron chi connectivity index (χ4n) is 8.49. The van der Waals surface area contributed by atoms with Gasteiger partial charge in [0.25, 0.3) is 11.7 Å². The predicted molar refractivity (Wildman–Crippen MR) is 237 cm³/mol. The van der Waals surface area contributed by atoms with E-state index in [1.165, 1.54) is 52.5 Å². The third-order valence-electron chi connectivity index (χ3n) is 12.6. The number of aliphatic hydroxyl groups is 4. The van der Waals surface area contributed by atoms with E-state index < -0.39 is 102 Å². The highest BCUT2D eigenvalue weighted by atomic mass is 31.2. The van der Waals surface area contributed by atoms with Crippen LogP contribution in [-0.2, 0) is 27.9 Å². The molecule has 0 saturated carbocycles. The molecule has 1 aromatic carbocycles. The first kappa shape index (κ1) is 50.8. The summed E-state index contributed by atoms with van der Waals surface area (Å²) in [5, 5.41) is 66.6. The number of allylic oxidation sites excluding steroid dienone is 3. The van der Waals surface area contributed by atoms with Crippen LogP contribution in [0.5, 0.6) is 11.5 Å². The molecule has 4 heterocycles. The van der Waals surface area contributed by atoms with Crippen LogP contribution in [0.3, 0.4) is 0 Å². The molecule has 18 nitrogen and oxygen atoms in total. The van der Waals surface area contributed by atoms with E-state index >= 15 is 0 Å². The number of rotatable bonds is 9. The zero-order valence-electron chi connectivity index (χ0n) is 38.3. The number of piperazine rings is 1. The Morgan fingerprint density at radius 1 is 0.922 bits per heavy atom. The first-order chi connectivity index (χ1) is 30.1. The molecule has 1 aliphatic carbocycles. The van der Waals surface area contributed by atoms with E-state index in [-0.39, 0.29) is 53.1 Å². The number of hydrogen-bond acceptors (Lipinski definition) is 17. The fraction of sp³-hybridized carbons (Fsp3) is 0.600. The van der Waals surface area contributed by atoms with Gasteiger partial charge < -0.3 is 54.1 Å². The van der Waals surface area contributed by atoms with E-state index in [0.717, 1.165) is 0 Å². The van der Waals surface area contributed by atoms with Gasteiger partial charge in [-0.2, -0.15) is 5.10 Å². The number of benzene rings is 1. The monoisotopic (exact) mass is 916 g/mol. The molecule has 0 aromatic heterocycles. The summed E-state index contributed by atoms with van der Waals surface area (Å²) in [6, 6.07) is 0. The van der Waals surface area contributed by atoms with Gasteiger partial charge in [-0.05, 0) is 33.8 Å². The number of fused-ring (bicyclic) bond motifs is 14. The molecule has 5 aliphatic rings. The minimum atomic E-state index is -3.36. The Kier molecular flexibility index (Phi) is 16.6. The summed E-state index contributed by atoms with van der Waals surface area (Å²) in [6.45, 7) is 16.5. The average molecular weight is 917 g/mol. The highest BCUT2D eigenvalue weighted by molar-refractivity contribution is 7.53. The summed E-state index contributed by atoms with van der Waals surface area (Å²) >= 11 is 0. The van der Waals surface area contributed by atoms with Gasteiger partial charge in [-0.1, -0.05) is 45.9 Å². The maximum absolute atomic E-state index is 14.6. The Balaban J connectivity index is 1.58. The number of hydrogen-bond donors (Lipinski definition) is 6. The molecular weight excluding hydrogens is 851 g/mol. The molecule has 0 radical (unpaired) electrons. The van der Waals surface area contributed by atoms with Crippen molar-refractivity contribution < 1.29 is 67.7 Å². The van der Waals surface area contributed by atoms with Crippen molar-refractivity contribution in [2.24, 2.45) is 28.8 Å². The number of methoxy groups -OCH3 is 1. The predicted octanol–water partition coefficient (Wildman–Crippen LogP) is 4.11. The van der Waals surface area contributed by atoms with Gasteiger partial charge in [0.05, 0.1) is 66.9 Å². The van der Waals surface area contributed by atoms with Crippen molar-refractivity contribution in [3.63, 3.8) is 0 Å². The van der Waals surface area contributed by atoms with Crippen LogP contribution in [0.4, 0.5) is 0 Å². The first-order valence-electron chi connectivity index (χ1n) is 21.7. The number of carbonyl (C=O) groups is 3. The molecule has 1 aromatic rings. The van der Waals surface area contributed by atoms with Crippen LogP contribution in [0.2, 0.25) is 0 Å². The van der Waals surface area contributed by atoms with Crippen LogP contribution >= 0.6 is 7.60 Å². The number of amides is 1. The number of phenolic OH excluding ortho intramolecular Hbond substituents is 1. The minimum Gasteiger partial charge on any atom is -0.507 e. The van der Waals surface area contributed by atoms with Crippen molar-refractivity contribution in [2.75, 3.05) is 52.8 Å². The van der Waals surface area contributed by atoms with Crippen molar-refractivity contribution in [3.05, 3.63) is 69.7 Å². The molecule has 0 spiro atoms. The van der Waals surface area contributed by atoms with Crippen molar-refractivity contribution >= 4 is 31.3 Å². The maximum atomic E-state index is 14.6. The lowest BCUT2D eigenvalue weighted by Crippen LogP contribution is -2.45. The molecule has 1 unspecified atom stereocenters. The van der Waals surface area contributed by atoms with Gasteiger partial charge in [-0.25, -0.2) is 0 Å². The molecule has 354 valence electrons. The summed E-state index contributed by atoms with van der Waals surface area (Å²) in [5.74, 6) is -7.73. The second-order valence-corrected chi connectivity index (χ2v) is 19.1. The van der Waals surface area contributed by atoms with Crippen LogP contribution in [0.15, 0.2) is 52.5 Å². The highest BCUT2D eigenvalue weighted by Gasteiger charge is 2.52. The van der Waals surface area contributed by atoms with Crippen LogP contribution < -0.4 is 10.1 Å². The first-order valence-corrected chi connectivity index (χ1v) is 23.4. The van der Waals surface area contributed by atoms with E-state index in [2.05, 4.69) is 10.4 Å². The van der Waals surface area contributed by atoms with Crippen molar-refractivity contribution in [2.45, 2.75) is 98.6 Å². The van der Waals surface area contributed by atoms with Gasteiger partial charge in [0.15, 0.2) is 0 Å². The average Bonchev–Trinajstić information content (AvgIpc) is 3.52. The molecule has 6 N–H and O–H groups in total. The number of ether oxygens (including phenoxy) is 3. The second-order valence-electron chi connectivity index (χ2n) is 17.1. The van der Waals surface area contributed by atoms with Gasteiger partial charge >= 0.3 is 13.4 Å². The number of Topliss-reactive ketones (excluding diaryl/α,β-unsaturated/α-hetero) is 2. The van der Waals surface area contributed by atoms with Gasteiger partial charge in [0.2, 0.25) is 5.78 Å². The van der Waals surface area contributed by atoms with Crippen LogP contribution in [0.25, 0.3) is 0 Å². The molecule has 64 heavy (non-hydrogen) atoms. The quantitative estimate of drug-likeness (QED) is 0.151. The third kappa shape index (κ3) is 10.4. The van der Waals surface area contributed by atoms with E-state index in [1.807, 2.05) is 4.90 Å². The largest absolute Gasteiger partial charge is 0.507 e. The Morgan fingerprint density at radius 2 is 1.53 bits per heavy atom. The SMILES string of the molecule is CCOP(=O)(CN1CCN(/N=C/C2=C3NC(=O)/C(C)=C\C=C\[C@@H](C)[C@@H](O)[C@@H](C)[C@H](O)[C@@H](C)[C@H](O)[C@H](C)[C@@H](OC)/C=C/O[C@@]4(C)Oc5c(C)c(O)c(c(c5C4=O)C2O)C3=O)CC1)OCC. The highest BCUT2D eigenvalue weighted by Crippen LogP contribution is 2.51. The summed E-state index contributed by atoms with van der Waals surface area (Å²) in [4.78, 5) is 44.8. The summed E-state index contributed by atoms with van der Waals surface area (Å²) in [6.07, 6.45) is 2.75. The van der Waals surface area contributed by atoms with Crippen molar-refractivity contribution in [3.8, 4) is 11.5 Å². The smallest absolute Gasteiger partial charge is 0.344 e. The Morgan fingerprint density at radius 3 is 2.14 bits per heavy atom. The zero-order valence-corrected chi connectivity index (χ0v) is 39.2. The van der Waals surface area contributed by atoms with Crippen LogP contribution in [0, 0.1) is 30.6 Å². The summed E-state index contributed by atoms with van der Waals surface area (Å²) in [5.41, 5.74) is -1.32. The zero-order chi connectivity index (χ0) is 47.4. The topological polar surface area (TPSA) is 246 Å². The lowest BCUT2D eigenvalue weighted by Gasteiger charge is -2.36. The molecule has 1 fully saturated rings. The van der Waals surface area contributed by atoms with Crippen LogP contribution in [-0.4, -0.2) is 142 Å². The number of carbonyl (C=O) groups excluding carboxylic acids is 3. The third-order valence-corrected chi connectivity index (χ3v) is 14.7. The number of aliphatic hydroxyl groups excluding tert-OH is 4. The lowest BCUT2D eigenvalue weighted by atomic mass is 9.78. The van der Waals surface area contributed by atoms with E-state index in [0.29, 0.717) is 26.2 Å². The number of nitrogens with one attached hydrogen (secondary N) is 1. The molecule has 6 rings (SSSR count). The number of hydrazone groups is 1. The second kappa shape index (κ2) is 20.9. The lowest BCUT2D eigenvalue weighted by molar-refractivity contribution is -0.116.